The highest BCUT2D eigenvalue weighted by Crippen LogP contribution is 2.41. The molecule has 0 saturated heterocycles. The molecule has 1 aliphatic carbocycles. The van der Waals surface area contributed by atoms with Crippen LogP contribution in [0.1, 0.15) is 24.3 Å². The minimum absolute atomic E-state index is 0.442. The van der Waals surface area contributed by atoms with Gasteiger partial charge in [-0.15, -0.1) is 0 Å². The summed E-state index contributed by atoms with van der Waals surface area (Å²) >= 11 is 0. The number of hydrogen-bond donors (Lipinski definition) is 2. The number of nitrogens with two attached hydrogens (primary N) is 1. The van der Waals surface area contributed by atoms with Crippen molar-refractivity contribution in [3.63, 3.8) is 0 Å². The van der Waals surface area contributed by atoms with Crippen LogP contribution in [-0.4, -0.2) is 17.5 Å². The van der Waals surface area contributed by atoms with Crippen molar-refractivity contribution >= 4 is 11.8 Å². The predicted molar refractivity (Wildman–Crippen MR) is 86.3 cm³/mol. The van der Waals surface area contributed by atoms with E-state index in [1.165, 1.54) is 18.4 Å². The fourth-order valence-corrected chi connectivity index (χ4v) is 2.72. The van der Waals surface area contributed by atoms with Crippen molar-refractivity contribution < 1.29 is 0 Å². The van der Waals surface area contributed by atoms with Gasteiger partial charge in [-0.2, -0.15) is 0 Å². The molecule has 3 N–H and O–H groups in total. The first-order chi connectivity index (χ1) is 10.3. The van der Waals surface area contributed by atoms with Gasteiger partial charge in [-0.1, -0.05) is 36.4 Å². The van der Waals surface area contributed by atoms with E-state index < -0.39 is 0 Å². The third-order valence-electron chi connectivity index (χ3n) is 3.95. The van der Waals surface area contributed by atoms with Gasteiger partial charge in [0.1, 0.15) is 5.82 Å². The standard InChI is InChI=1S/C17H20N4/c18-17(21-16-8-4-5-9-19-16)20-12-13-10-15(11-13)14-6-2-1-3-7-14/h1-9,13,15H,10-12H2,(H3,18,19,20,21). The molecule has 1 aromatic carbocycles. The maximum atomic E-state index is 5.88. The largest absolute Gasteiger partial charge is 0.370 e. The van der Waals surface area contributed by atoms with E-state index in [1.54, 1.807) is 6.20 Å². The summed E-state index contributed by atoms with van der Waals surface area (Å²) in [5.74, 6) is 2.50. The zero-order valence-corrected chi connectivity index (χ0v) is 11.9. The number of aliphatic imine (C=N–C) groups is 1. The van der Waals surface area contributed by atoms with Gasteiger partial charge in [0.25, 0.3) is 0 Å². The molecule has 0 radical (unpaired) electrons. The highest BCUT2D eigenvalue weighted by atomic mass is 15.1. The third-order valence-corrected chi connectivity index (χ3v) is 3.95. The summed E-state index contributed by atoms with van der Waals surface area (Å²) in [5.41, 5.74) is 7.32. The molecule has 1 saturated carbocycles. The van der Waals surface area contributed by atoms with Gasteiger partial charge in [0.05, 0.1) is 0 Å². The van der Waals surface area contributed by atoms with Gasteiger partial charge in [-0.05, 0) is 42.4 Å². The van der Waals surface area contributed by atoms with Crippen molar-refractivity contribution in [2.45, 2.75) is 18.8 Å². The van der Waals surface area contributed by atoms with E-state index in [0.717, 1.165) is 12.4 Å². The Kier molecular flexibility index (Phi) is 4.15. The van der Waals surface area contributed by atoms with Crippen LogP contribution < -0.4 is 11.1 Å². The van der Waals surface area contributed by atoms with Gasteiger partial charge in [-0.25, -0.2) is 4.98 Å². The molecule has 0 unspecified atom stereocenters. The SMILES string of the molecule is NC(=NCC1CC(c2ccccc2)C1)Nc1ccccn1. The lowest BCUT2D eigenvalue weighted by atomic mass is 9.71. The zero-order valence-electron chi connectivity index (χ0n) is 11.9. The van der Waals surface area contributed by atoms with Crippen molar-refractivity contribution in [1.82, 2.24) is 4.98 Å². The van der Waals surface area contributed by atoms with E-state index in [2.05, 4.69) is 45.6 Å². The number of rotatable bonds is 4. The predicted octanol–water partition coefficient (Wildman–Crippen LogP) is 3.00. The molecule has 0 atom stereocenters. The Bertz CT molecular complexity index is 589. The molecule has 0 spiro atoms. The molecule has 1 aliphatic rings. The average molecular weight is 280 g/mol. The Morgan fingerprint density at radius 2 is 1.90 bits per heavy atom. The first kappa shape index (κ1) is 13.6. The molecule has 108 valence electrons. The monoisotopic (exact) mass is 280 g/mol. The molecule has 0 aliphatic heterocycles. The van der Waals surface area contributed by atoms with E-state index in [4.69, 9.17) is 5.73 Å². The smallest absolute Gasteiger partial charge is 0.194 e. The summed E-state index contributed by atoms with van der Waals surface area (Å²) in [7, 11) is 0. The van der Waals surface area contributed by atoms with E-state index >= 15 is 0 Å². The van der Waals surface area contributed by atoms with Crippen LogP contribution in [-0.2, 0) is 0 Å². The Labute approximate surface area is 125 Å². The molecule has 2 aromatic rings. The van der Waals surface area contributed by atoms with Gasteiger partial charge < -0.3 is 11.1 Å². The maximum absolute atomic E-state index is 5.88. The summed E-state index contributed by atoms with van der Waals surface area (Å²) in [6.45, 7) is 0.787. The van der Waals surface area contributed by atoms with Gasteiger partial charge >= 0.3 is 0 Å². The van der Waals surface area contributed by atoms with Crippen LogP contribution in [0.3, 0.4) is 0 Å². The molecule has 1 fully saturated rings. The Hall–Kier alpha value is -2.36. The number of pyridine rings is 1. The van der Waals surface area contributed by atoms with E-state index in [1.807, 2.05) is 18.2 Å². The molecular weight excluding hydrogens is 260 g/mol. The normalized spacial score (nSPS) is 21.6. The first-order valence-corrected chi connectivity index (χ1v) is 7.34. The van der Waals surface area contributed by atoms with Crippen LogP contribution in [0.2, 0.25) is 0 Å². The Morgan fingerprint density at radius 1 is 1.14 bits per heavy atom. The summed E-state index contributed by atoms with van der Waals surface area (Å²) in [6, 6.07) is 16.4. The van der Waals surface area contributed by atoms with E-state index in [9.17, 15) is 0 Å². The number of anilines is 1. The lowest BCUT2D eigenvalue weighted by molar-refractivity contribution is 0.273. The number of nitrogens with zero attached hydrogens (tertiary/aromatic N) is 2. The Balaban J connectivity index is 1.45. The average Bonchev–Trinajstić information content (AvgIpc) is 2.48. The number of aromatic nitrogens is 1. The molecule has 0 amide bonds. The minimum atomic E-state index is 0.442. The summed E-state index contributed by atoms with van der Waals surface area (Å²) in [6.07, 6.45) is 4.13. The van der Waals surface area contributed by atoms with Crippen LogP contribution in [0.25, 0.3) is 0 Å². The van der Waals surface area contributed by atoms with Crippen LogP contribution in [0.4, 0.5) is 5.82 Å². The van der Waals surface area contributed by atoms with Gasteiger partial charge in [0.15, 0.2) is 5.96 Å². The van der Waals surface area contributed by atoms with Crippen molar-refractivity contribution in [3.8, 4) is 0 Å². The molecule has 4 nitrogen and oxygen atoms in total. The van der Waals surface area contributed by atoms with Gasteiger partial charge in [0, 0.05) is 12.7 Å². The summed E-state index contributed by atoms with van der Waals surface area (Å²) < 4.78 is 0. The van der Waals surface area contributed by atoms with Crippen LogP contribution in [0.15, 0.2) is 59.7 Å². The quantitative estimate of drug-likeness (QED) is 0.668. The lowest BCUT2D eigenvalue weighted by Crippen LogP contribution is -2.28. The number of guanidine groups is 1. The molecule has 1 aromatic heterocycles. The fourth-order valence-electron chi connectivity index (χ4n) is 2.72. The van der Waals surface area contributed by atoms with Crippen molar-refractivity contribution in [1.29, 1.82) is 0 Å². The van der Waals surface area contributed by atoms with Crippen molar-refractivity contribution in [2.24, 2.45) is 16.6 Å². The third kappa shape index (κ3) is 3.60. The second-order valence-corrected chi connectivity index (χ2v) is 5.51. The van der Waals surface area contributed by atoms with Crippen LogP contribution in [0, 0.1) is 5.92 Å². The van der Waals surface area contributed by atoms with E-state index in [0.29, 0.717) is 17.8 Å². The van der Waals surface area contributed by atoms with Gasteiger partial charge in [0.2, 0.25) is 0 Å². The molecular formula is C17H20N4. The molecule has 21 heavy (non-hydrogen) atoms. The fraction of sp³-hybridized carbons (Fsp3) is 0.294. The first-order valence-electron chi connectivity index (χ1n) is 7.34. The summed E-state index contributed by atoms with van der Waals surface area (Å²) in [4.78, 5) is 8.57. The lowest BCUT2D eigenvalue weighted by Gasteiger charge is -2.34. The van der Waals surface area contributed by atoms with Crippen molar-refractivity contribution in [3.05, 3.63) is 60.3 Å². The van der Waals surface area contributed by atoms with Crippen LogP contribution in [0.5, 0.6) is 0 Å². The molecule has 4 heteroatoms. The molecule has 1 heterocycles. The summed E-state index contributed by atoms with van der Waals surface area (Å²) in [5, 5.41) is 3.00. The number of benzene rings is 1. The minimum Gasteiger partial charge on any atom is -0.370 e. The zero-order chi connectivity index (χ0) is 14.5. The molecule has 0 bridgehead atoms. The highest BCUT2D eigenvalue weighted by molar-refractivity contribution is 5.91. The van der Waals surface area contributed by atoms with E-state index in [-0.39, 0.29) is 0 Å². The van der Waals surface area contributed by atoms with Crippen LogP contribution >= 0.6 is 0 Å². The second-order valence-electron chi connectivity index (χ2n) is 5.51. The topological polar surface area (TPSA) is 63.3 Å². The van der Waals surface area contributed by atoms with Crippen molar-refractivity contribution in [2.75, 3.05) is 11.9 Å². The maximum Gasteiger partial charge on any atom is 0.194 e. The highest BCUT2D eigenvalue weighted by Gasteiger charge is 2.29. The second kappa shape index (κ2) is 6.39. The Morgan fingerprint density at radius 3 is 2.62 bits per heavy atom. The molecule has 3 rings (SSSR count). The number of nitrogens with one attached hydrogen (secondary N) is 1. The van der Waals surface area contributed by atoms with Gasteiger partial charge in [-0.3, -0.25) is 4.99 Å². The number of hydrogen-bond acceptors (Lipinski definition) is 2.